The molecular weight excluding hydrogens is 344 g/mol. The highest BCUT2D eigenvalue weighted by molar-refractivity contribution is 5.33. The van der Waals surface area contributed by atoms with E-state index in [2.05, 4.69) is 54.0 Å². The standard InChI is InChI=1S/C25H38N2O/c1-3-20(2)17-26(19-25-9-6-14-28-25)18-21-10-12-27(13-11-21)24-15-22-7-4-5-8-23(22)16-24/h3-5,7-8,21,24-25H,6,9-19H2,1-2H3/b20-3+/t25-/m1/s1. The van der Waals surface area contributed by atoms with Gasteiger partial charge < -0.3 is 4.74 Å². The first-order chi connectivity index (χ1) is 13.7. The lowest BCUT2D eigenvalue weighted by atomic mass is 9.94. The summed E-state index contributed by atoms with van der Waals surface area (Å²) in [5.41, 5.74) is 4.65. The van der Waals surface area contributed by atoms with Gasteiger partial charge in [0.2, 0.25) is 0 Å². The first kappa shape index (κ1) is 20.1. The molecule has 0 radical (unpaired) electrons. The van der Waals surface area contributed by atoms with Crippen molar-refractivity contribution >= 4 is 0 Å². The molecule has 154 valence electrons. The summed E-state index contributed by atoms with van der Waals surface area (Å²) in [6, 6.07) is 9.79. The molecule has 2 aliphatic heterocycles. The van der Waals surface area contributed by atoms with Crippen LogP contribution in [0.4, 0.5) is 0 Å². The second-order valence-corrected chi connectivity index (χ2v) is 9.27. The zero-order valence-electron chi connectivity index (χ0n) is 17.9. The van der Waals surface area contributed by atoms with Crippen LogP contribution < -0.4 is 0 Å². The van der Waals surface area contributed by atoms with Gasteiger partial charge in [0.05, 0.1) is 6.10 Å². The summed E-state index contributed by atoms with van der Waals surface area (Å²) in [4.78, 5) is 5.45. The van der Waals surface area contributed by atoms with Crippen molar-refractivity contribution in [3.05, 3.63) is 47.0 Å². The van der Waals surface area contributed by atoms with Gasteiger partial charge in [-0.2, -0.15) is 0 Å². The van der Waals surface area contributed by atoms with E-state index in [9.17, 15) is 0 Å². The molecule has 28 heavy (non-hydrogen) atoms. The molecule has 0 saturated carbocycles. The largest absolute Gasteiger partial charge is 0.377 e. The molecule has 2 fully saturated rings. The maximum absolute atomic E-state index is 5.93. The number of hydrogen-bond donors (Lipinski definition) is 0. The summed E-state index contributed by atoms with van der Waals surface area (Å²) in [6.45, 7) is 11.4. The lowest BCUT2D eigenvalue weighted by molar-refractivity contribution is 0.0606. The number of rotatable bonds is 7. The van der Waals surface area contributed by atoms with E-state index < -0.39 is 0 Å². The molecule has 3 aliphatic rings. The van der Waals surface area contributed by atoms with Gasteiger partial charge in [-0.3, -0.25) is 9.80 Å². The van der Waals surface area contributed by atoms with Crippen LogP contribution in [-0.4, -0.2) is 61.3 Å². The van der Waals surface area contributed by atoms with Crippen molar-refractivity contribution in [1.82, 2.24) is 9.80 Å². The van der Waals surface area contributed by atoms with Gasteiger partial charge in [-0.15, -0.1) is 0 Å². The first-order valence-electron chi connectivity index (χ1n) is 11.5. The monoisotopic (exact) mass is 382 g/mol. The minimum Gasteiger partial charge on any atom is -0.377 e. The molecule has 3 nitrogen and oxygen atoms in total. The number of ether oxygens (including phenoxy) is 1. The molecule has 0 bridgehead atoms. The van der Waals surface area contributed by atoms with Crippen LogP contribution in [0.2, 0.25) is 0 Å². The van der Waals surface area contributed by atoms with Gasteiger partial charge in [0.1, 0.15) is 0 Å². The average molecular weight is 383 g/mol. The van der Waals surface area contributed by atoms with E-state index >= 15 is 0 Å². The van der Waals surface area contributed by atoms with Crippen molar-refractivity contribution in [3.8, 4) is 0 Å². The smallest absolute Gasteiger partial charge is 0.0702 e. The minimum atomic E-state index is 0.460. The molecule has 1 aliphatic carbocycles. The second-order valence-electron chi connectivity index (χ2n) is 9.27. The minimum absolute atomic E-state index is 0.460. The predicted molar refractivity (Wildman–Crippen MR) is 117 cm³/mol. The summed E-state index contributed by atoms with van der Waals surface area (Å²) < 4.78 is 5.93. The number of hydrogen-bond acceptors (Lipinski definition) is 3. The van der Waals surface area contributed by atoms with Crippen molar-refractivity contribution in [2.24, 2.45) is 5.92 Å². The molecule has 4 rings (SSSR count). The number of piperidine rings is 1. The topological polar surface area (TPSA) is 15.7 Å². The molecule has 3 heteroatoms. The second kappa shape index (κ2) is 9.56. The Morgan fingerprint density at radius 2 is 1.82 bits per heavy atom. The third-order valence-electron chi connectivity index (χ3n) is 7.16. The lowest BCUT2D eigenvalue weighted by Gasteiger charge is -2.38. The summed E-state index contributed by atoms with van der Waals surface area (Å²) in [5, 5.41) is 0. The zero-order valence-corrected chi connectivity index (χ0v) is 17.9. The van der Waals surface area contributed by atoms with Gasteiger partial charge in [0.15, 0.2) is 0 Å². The van der Waals surface area contributed by atoms with Crippen LogP contribution in [-0.2, 0) is 17.6 Å². The zero-order chi connectivity index (χ0) is 19.3. The summed E-state index contributed by atoms with van der Waals surface area (Å²) in [5.74, 6) is 0.839. The predicted octanol–water partition coefficient (Wildman–Crippen LogP) is 4.31. The molecule has 1 aromatic rings. The number of benzene rings is 1. The average Bonchev–Trinajstić information content (AvgIpc) is 3.37. The van der Waals surface area contributed by atoms with E-state index in [0.29, 0.717) is 6.10 Å². The van der Waals surface area contributed by atoms with Crippen LogP contribution in [0.15, 0.2) is 35.9 Å². The molecule has 0 spiro atoms. The Morgan fingerprint density at radius 1 is 1.11 bits per heavy atom. The molecule has 0 N–H and O–H groups in total. The van der Waals surface area contributed by atoms with Crippen LogP contribution in [0.1, 0.15) is 50.7 Å². The molecule has 1 aromatic carbocycles. The normalized spacial score (nSPS) is 25.0. The Kier molecular flexibility index (Phi) is 6.87. The molecule has 2 saturated heterocycles. The quantitative estimate of drug-likeness (QED) is 0.654. The Bertz CT molecular complexity index is 631. The molecule has 2 heterocycles. The number of nitrogens with zero attached hydrogens (tertiary/aromatic N) is 2. The van der Waals surface area contributed by atoms with E-state index in [-0.39, 0.29) is 0 Å². The third kappa shape index (κ3) is 5.06. The third-order valence-corrected chi connectivity index (χ3v) is 7.16. The maximum Gasteiger partial charge on any atom is 0.0702 e. The van der Waals surface area contributed by atoms with E-state index in [1.165, 1.54) is 63.7 Å². The van der Waals surface area contributed by atoms with Crippen LogP contribution in [0, 0.1) is 5.92 Å². The van der Waals surface area contributed by atoms with Crippen molar-refractivity contribution < 1.29 is 4.74 Å². The van der Waals surface area contributed by atoms with E-state index in [4.69, 9.17) is 4.74 Å². The molecule has 1 atom stereocenters. The Morgan fingerprint density at radius 3 is 2.43 bits per heavy atom. The highest BCUT2D eigenvalue weighted by Crippen LogP contribution is 2.29. The van der Waals surface area contributed by atoms with E-state index in [1.54, 1.807) is 11.1 Å². The molecule has 0 amide bonds. The first-order valence-corrected chi connectivity index (χ1v) is 11.5. The van der Waals surface area contributed by atoms with Gasteiger partial charge in [-0.25, -0.2) is 0 Å². The Balaban J connectivity index is 1.27. The van der Waals surface area contributed by atoms with E-state index in [1.807, 2.05) is 0 Å². The SMILES string of the molecule is C/C=C(\C)CN(CC1CCN(C2Cc3ccccc3C2)CC1)C[C@H]1CCCO1. The molecular formula is C25H38N2O. The van der Waals surface area contributed by atoms with Crippen LogP contribution in [0.3, 0.4) is 0 Å². The van der Waals surface area contributed by atoms with Crippen molar-refractivity contribution in [3.63, 3.8) is 0 Å². The number of likely N-dealkylation sites (tertiary alicyclic amines) is 1. The molecule has 0 aromatic heterocycles. The summed E-state index contributed by atoms with van der Waals surface area (Å²) in [6.07, 6.45) is 10.4. The number of fused-ring (bicyclic) bond motifs is 1. The fraction of sp³-hybridized carbons (Fsp3) is 0.680. The van der Waals surface area contributed by atoms with Crippen molar-refractivity contribution in [2.45, 2.75) is 64.5 Å². The fourth-order valence-corrected chi connectivity index (χ4v) is 5.38. The van der Waals surface area contributed by atoms with E-state index in [0.717, 1.165) is 31.7 Å². The van der Waals surface area contributed by atoms with Gasteiger partial charge in [0, 0.05) is 32.3 Å². The van der Waals surface area contributed by atoms with Gasteiger partial charge >= 0.3 is 0 Å². The highest BCUT2D eigenvalue weighted by Gasteiger charge is 2.30. The maximum atomic E-state index is 5.93. The van der Waals surface area contributed by atoms with Gasteiger partial charge in [0.25, 0.3) is 0 Å². The van der Waals surface area contributed by atoms with Crippen LogP contribution in [0.25, 0.3) is 0 Å². The Labute approximate surface area is 171 Å². The lowest BCUT2D eigenvalue weighted by Crippen LogP contribution is -2.45. The fourth-order valence-electron chi connectivity index (χ4n) is 5.38. The molecule has 0 unspecified atom stereocenters. The number of allylic oxidation sites excluding steroid dienone is 1. The van der Waals surface area contributed by atoms with Crippen LogP contribution >= 0.6 is 0 Å². The van der Waals surface area contributed by atoms with Gasteiger partial charge in [-0.1, -0.05) is 35.9 Å². The van der Waals surface area contributed by atoms with Gasteiger partial charge in [-0.05, 0) is 82.5 Å². The highest BCUT2D eigenvalue weighted by atomic mass is 16.5. The summed E-state index contributed by atoms with van der Waals surface area (Å²) >= 11 is 0. The van der Waals surface area contributed by atoms with Crippen molar-refractivity contribution in [1.29, 1.82) is 0 Å². The van der Waals surface area contributed by atoms with Crippen LogP contribution in [0.5, 0.6) is 0 Å². The van der Waals surface area contributed by atoms with Crippen molar-refractivity contribution in [2.75, 3.05) is 39.3 Å². The summed E-state index contributed by atoms with van der Waals surface area (Å²) in [7, 11) is 0. The Hall–Kier alpha value is -1.16.